The van der Waals surface area contributed by atoms with E-state index in [-0.39, 0.29) is 19.1 Å². The molecule has 0 atom stereocenters. The lowest BCUT2D eigenvalue weighted by Crippen LogP contribution is -2.20. The molecule has 198 valence electrons. The highest BCUT2D eigenvalue weighted by atomic mass is 32.1. The SMILES string of the molecule is C=CC(=O)NCc1cc(-c2nc(-c3ccnc(N)c3)c3ccsc3c2-c2ccc(F)cc2OCCOC)n[nH]1. The number of anilines is 1. The van der Waals surface area contributed by atoms with Crippen LogP contribution in [0.25, 0.3) is 43.9 Å². The Morgan fingerprint density at radius 3 is 2.87 bits per heavy atom. The standard InChI is InChI=1S/C28H25FN6O3S/c1-3-24(36)32-15-18-14-21(35-34-18)27-25(19-5-4-17(29)13-22(19)38-10-9-37-2)28-20(7-11-39-28)26(33-27)16-6-8-31-23(30)12-16/h3-8,11-14H,1,9-10,15H2,2H3,(H2,30,31)(H,32,36)(H,34,35). The number of thiophene rings is 1. The summed E-state index contributed by atoms with van der Waals surface area (Å²) in [5.41, 5.74) is 10.7. The fourth-order valence-electron chi connectivity index (χ4n) is 4.16. The second-order valence-electron chi connectivity index (χ2n) is 8.50. The summed E-state index contributed by atoms with van der Waals surface area (Å²) in [4.78, 5) is 20.9. The van der Waals surface area contributed by atoms with Crippen LogP contribution in [0, 0.1) is 5.82 Å². The van der Waals surface area contributed by atoms with Crippen molar-refractivity contribution in [1.29, 1.82) is 0 Å². The molecule has 0 aliphatic rings. The molecule has 39 heavy (non-hydrogen) atoms. The van der Waals surface area contributed by atoms with Gasteiger partial charge in [-0.25, -0.2) is 14.4 Å². The van der Waals surface area contributed by atoms with Gasteiger partial charge in [0, 0.05) is 46.1 Å². The van der Waals surface area contributed by atoms with Gasteiger partial charge in [-0.1, -0.05) is 6.58 Å². The van der Waals surface area contributed by atoms with Crippen LogP contribution in [-0.4, -0.2) is 46.4 Å². The number of H-pyrrole nitrogens is 1. The van der Waals surface area contributed by atoms with E-state index in [1.807, 2.05) is 23.6 Å². The van der Waals surface area contributed by atoms with E-state index in [1.54, 1.807) is 25.4 Å². The zero-order valence-corrected chi connectivity index (χ0v) is 21.8. The first-order chi connectivity index (χ1) is 19.0. The number of carbonyl (C=O) groups is 1. The Balaban J connectivity index is 1.73. The third kappa shape index (κ3) is 5.49. The highest BCUT2D eigenvalue weighted by Crippen LogP contribution is 2.45. The maximum Gasteiger partial charge on any atom is 0.243 e. The molecule has 5 aromatic rings. The summed E-state index contributed by atoms with van der Waals surface area (Å²) in [6.45, 7) is 4.29. The van der Waals surface area contributed by atoms with Crippen LogP contribution in [0.3, 0.4) is 0 Å². The average Bonchev–Trinajstić information content (AvgIpc) is 3.62. The van der Waals surface area contributed by atoms with Gasteiger partial charge in [0.25, 0.3) is 0 Å². The Hall–Kier alpha value is -4.61. The molecule has 4 N–H and O–H groups in total. The number of nitrogens with one attached hydrogen (secondary N) is 2. The fraction of sp³-hybridized carbons (Fsp3) is 0.143. The van der Waals surface area contributed by atoms with E-state index in [4.69, 9.17) is 20.2 Å². The van der Waals surface area contributed by atoms with Crippen LogP contribution < -0.4 is 15.8 Å². The topological polar surface area (TPSA) is 128 Å². The van der Waals surface area contributed by atoms with Crippen LogP contribution in [-0.2, 0) is 16.1 Å². The number of amides is 1. The summed E-state index contributed by atoms with van der Waals surface area (Å²) in [6.07, 6.45) is 2.84. The Morgan fingerprint density at radius 1 is 1.21 bits per heavy atom. The molecule has 0 radical (unpaired) electrons. The second kappa shape index (κ2) is 11.4. The lowest BCUT2D eigenvalue weighted by atomic mass is 9.97. The number of carbonyl (C=O) groups excluding carboxylic acids is 1. The van der Waals surface area contributed by atoms with Crippen molar-refractivity contribution in [2.24, 2.45) is 0 Å². The molecule has 1 amide bonds. The van der Waals surface area contributed by atoms with Crippen molar-refractivity contribution in [3.63, 3.8) is 0 Å². The summed E-state index contributed by atoms with van der Waals surface area (Å²) >= 11 is 1.53. The molecule has 4 heterocycles. The number of fused-ring (bicyclic) bond motifs is 1. The second-order valence-corrected chi connectivity index (χ2v) is 9.42. The number of ether oxygens (including phenoxy) is 2. The van der Waals surface area contributed by atoms with Crippen LogP contribution in [0.15, 0.2) is 66.7 Å². The van der Waals surface area contributed by atoms with Crippen LogP contribution >= 0.6 is 11.3 Å². The van der Waals surface area contributed by atoms with Crippen LogP contribution in [0.5, 0.6) is 5.75 Å². The number of hydrogen-bond donors (Lipinski definition) is 3. The lowest BCUT2D eigenvalue weighted by molar-refractivity contribution is -0.116. The number of benzene rings is 1. The van der Waals surface area contributed by atoms with Crippen molar-refractivity contribution in [1.82, 2.24) is 25.5 Å². The summed E-state index contributed by atoms with van der Waals surface area (Å²) in [6, 6.07) is 11.8. The Labute approximate surface area is 227 Å². The number of aromatic amines is 1. The fourth-order valence-corrected chi connectivity index (χ4v) is 5.12. The zero-order valence-electron chi connectivity index (χ0n) is 21.0. The number of methoxy groups -OCH3 is 1. The minimum atomic E-state index is -0.424. The molecular weight excluding hydrogens is 519 g/mol. The minimum absolute atomic E-state index is 0.226. The molecule has 0 saturated carbocycles. The summed E-state index contributed by atoms with van der Waals surface area (Å²) in [5, 5.41) is 13.1. The average molecular weight is 545 g/mol. The third-order valence-corrected chi connectivity index (χ3v) is 6.86. The predicted molar refractivity (Wildman–Crippen MR) is 150 cm³/mol. The Bertz CT molecular complexity index is 1660. The molecule has 1 aromatic carbocycles. The first-order valence-corrected chi connectivity index (χ1v) is 12.9. The quantitative estimate of drug-likeness (QED) is 0.167. The van der Waals surface area contributed by atoms with Gasteiger partial charge in [-0.2, -0.15) is 5.10 Å². The highest BCUT2D eigenvalue weighted by molar-refractivity contribution is 7.18. The molecule has 0 bridgehead atoms. The van der Waals surface area contributed by atoms with E-state index in [0.717, 1.165) is 21.2 Å². The molecule has 0 saturated heterocycles. The predicted octanol–water partition coefficient (Wildman–Crippen LogP) is 4.96. The first-order valence-electron chi connectivity index (χ1n) is 12.0. The molecule has 5 rings (SSSR count). The van der Waals surface area contributed by atoms with Crippen molar-refractivity contribution in [3.05, 3.63) is 78.2 Å². The number of halogens is 1. The van der Waals surface area contributed by atoms with Gasteiger partial charge in [0.1, 0.15) is 35.4 Å². The van der Waals surface area contributed by atoms with Crippen LogP contribution in [0.2, 0.25) is 0 Å². The zero-order chi connectivity index (χ0) is 27.4. The number of nitrogens with zero attached hydrogens (tertiary/aromatic N) is 3. The molecule has 0 fully saturated rings. The van der Waals surface area contributed by atoms with Gasteiger partial charge in [0.15, 0.2) is 0 Å². The van der Waals surface area contributed by atoms with Gasteiger partial charge >= 0.3 is 0 Å². The third-order valence-electron chi connectivity index (χ3n) is 5.93. The molecule has 4 aromatic heterocycles. The van der Waals surface area contributed by atoms with E-state index in [0.29, 0.717) is 46.5 Å². The number of pyridine rings is 2. The van der Waals surface area contributed by atoms with E-state index in [1.165, 1.54) is 29.5 Å². The van der Waals surface area contributed by atoms with Gasteiger partial charge in [0.2, 0.25) is 5.91 Å². The van der Waals surface area contributed by atoms with Crippen molar-refractivity contribution in [2.45, 2.75) is 6.54 Å². The number of nitrogen functional groups attached to an aromatic ring is 1. The number of nitrogens with two attached hydrogens (primary N) is 1. The van der Waals surface area contributed by atoms with Gasteiger partial charge < -0.3 is 20.5 Å². The van der Waals surface area contributed by atoms with Crippen molar-refractivity contribution in [2.75, 3.05) is 26.1 Å². The van der Waals surface area contributed by atoms with Gasteiger partial charge in [-0.15, -0.1) is 11.3 Å². The maximum atomic E-state index is 14.4. The molecular formula is C28H25FN6O3S. The largest absolute Gasteiger partial charge is 0.490 e. The summed E-state index contributed by atoms with van der Waals surface area (Å²) in [5.74, 6) is 0.00841. The van der Waals surface area contributed by atoms with Gasteiger partial charge in [-0.3, -0.25) is 9.89 Å². The smallest absolute Gasteiger partial charge is 0.243 e. The lowest BCUT2D eigenvalue weighted by Gasteiger charge is -2.16. The van der Waals surface area contributed by atoms with E-state index in [2.05, 4.69) is 27.1 Å². The van der Waals surface area contributed by atoms with Crippen molar-refractivity contribution in [3.8, 4) is 39.5 Å². The normalized spacial score (nSPS) is 11.0. The molecule has 0 aliphatic heterocycles. The molecule has 0 unspecified atom stereocenters. The number of aromatic nitrogens is 4. The summed E-state index contributed by atoms with van der Waals surface area (Å²) < 4.78 is 26.3. The van der Waals surface area contributed by atoms with E-state index in [9.17, 15) is 9.18 Å². The number of hydrogen-bond acceptors (Lipinski definition) is 8. The molecule has 0 spiro atoms. The van der Waals surface area contributed by atoms with Gasteiger partial charge in [-0.05, 0) is 47.9 Å². The highest BCUT2D eigenvalue weighted by Gasteiger charge is 2.23. The minimum Gasteiger partial charge on any atom is -0.490 e. The van der Waals surface area contributed by atoms with Crippen LogP contribution in [0.4, 0.5) is 10.2 Å². The Morgan fingerprint density at radius 2 is 2.08 bits per heavy atom. The molecule has 0 aliphatic carbocycles. The first kappa shape index (κ1) is 26.0. The summed E-state index contributed by atoms with van der Waals surface area (Å²) in [7, 11) is 1.57. The van der Waals surface area contributed by atoms with Crippen molar-refractivity contribution >= 4 is 33.1 Å². The molecule has 11 heteroatoms. The monoisotopic (exact) mass is 544 g/mol. The van der Waals surface area contributed by atoms with Crippen molar-refractivity contribution < 1.29 is 18.7 Å². The van der Waals surface area contributed by atoms with E-state index >= 15 is 0 Å². The Kier molecular flexibility index (Phi) is 7.62. The maximum absolute atomic E-state index is 14.4. The van der Waals surface area contributed by atoms with Gasteiger partial charge in [0.05, 0.1) is 24.5 Å². The van der Waals surface area contributed by atoms with Crippen LogP contribution in [0.1, 0.15) is 5.69 Å². The van der Waals surface area contributed by atoms with E-state index < -0.39 is 5.82 Å². The number of rotatable bonds is 10. The molecule has 9 nitrogen and oxygen atoms in total.